The van der Waals surface area contributed by atoms with E-state index in [1.807, 2.05) is 13.3 Å². The second-order valence-electron chi connectivity index (χ2n) is 10.0. The van der Waals surface area contributed by atoms with Crippen molar-refractivity contribution in [1.29, 1.82) is 0 Å². The van der Waals surface area contributed by atoms with E-state index in [0.29, 0.717) is 43.8 Å². The number of carbonyl (C=O) groups is 1. The predicted molar refractivity (Wildman–Crippen MR) is 132 cm³/mol. The van der Waals surface area contributed by atoms with E-state index in [4.69, 9.17) is 25.4 Å². The number of hydrogen-bond acceptors (Lipinski definition) is 8. The van der Waals surface area contributed by atoms with Gasteiger partial charge in [-0.05, 0) is 58.3 Å². The molecule has 186 valence electrons. The van der Waals surface area contributed by atoms with Gasteiger partial charge in [0.1, 0.15) is 0 Å². The molecule has 2 saturated carbocycles. The lowest BCUT2D eigenvalue weighted by Crippen LogP contribution is -2.42. The Balaban J connectivity index is 1.36. The van der Waals surface area contributed by atoms with Crippen molar-refractivity contribution in [1.82, 2.24) is 24.4 Å². The molecule has 0 unspecified atom stereocenters. The Labute approximate surface area is 201 Å². The number of amides is 1. The van der Waals surface area contributed by atoms with Crippen molar-refractivity contribution in [2.75, 3.05) is 30.3 Å². The molecule has 4 N–H and O–H groups in total. The van der Waals surface area contributed by atoms with Crippen molar-refractivity contribution < 1.29 is 9.53 Å². The maximum atomic E-state index is 12.1. The van der Waals surface area contributed by atoms with E-state index in [9.17, 15) is 4.79 Å². The third-order valence-corrected chi connectivity index (χ3v) is 7.61. The van der Waals surface area contributed by atoms with Crippen LogP contribution in [0.15, 0.2) is 6.33 Å². The molecule has 0 radical (unpaired) electrons. The van der Waals surface area contributed by atoms with Gasteiger partial charge < -0.3 is 30.6 Å². The second kappa shape index (κ2) is 10.3. The van der Waals surface area contributed by atoms with Gasteiger partial charge in [-0.15, -0.1) is 0 Å². The summed E-state index contributed by atoms with van der Waals surface area (Å²) in [4.78, 5) is 28.4. The first-order valence-electron chi connectivity index (χ1n) is 13.1. The van der Waals surface area contributed by atoms with Crippen molar-refractivity contribution in [2.45, 2.75) is 95.3 Å². The fraction of sp³-hybridized carbons (Fsp3) is 0.750. The lowest BCUT2D eigenvalue weighted by Gasteiger charge is -2.32. The molecule has 0 bridgehead atoms. The van der Waals surface area contributed by atoms with Crippen LogP contribution in [0.5, 0.6) is 0 Å². The van der Waals surface area contributed by atoms with Crippen LogP contribution in [0.2, 0.25) is 0 Å². The number of nitrogens with zero attached hydrogens (tertiary/aromatic N) is 5. The zero-order chi connectivity index (χ0) is 23.5. The molecule has 1 amide bonds. The zero-order valence-corrected chi connectivity index (χ0v) is 20.2. The summed E-state index contributed by atoms with van der Waals surface area (Å²) in [5.41, 5.74) is 7.84. The van der Waals surface area contributed by atoms with Gasteiger partial charge in [-0.25, -0.2) is 9.78 Å². The molecular formula is C24H38N8O2. The van der Waals surface area contributed by atoms with Crippen molar-refractivity contribution >= 4 is 29.0 Å². The van der Waals surface area contributed by atoms with Gasteiger partial charge in [0.15, 0.2) is 17.0 Å². The third kappa shape index (κ3) is 5.06. The van der Waals surface area contributed by atoms with Crippen LogP contribution in [0.4, 0.5) is 16.6 Å². The summed E-state index contributed by atoms with van der Waals surface area (Å²) in [5.74, 6) is 1.45. The summed E-state index contributed by atoms with van der Waals surface area (Å²) in [6.45, 7) is 3.59. The molecule has 5 rings (SSSR count). The van der Waals surface area contributed by atoms with Crippen LogP contribution in [0.25, 0.3) is 11.2 Å². The van der Waals surface area contributed by atoms with Crippen LogP contribution in [-0.2, 0) is 4.74 Å². The smallest absolute Gasteiger partial charge is 0.409 e. The highest BCUT2D eigenvalue weighted by molar-refractivity contribution is 5.84. The van der Waals surface area contributed by atoms with Gasteiger partial charge in [0.2, 0.25) is 5.95 Å². The van der Waals surface area contributed by atoms with Gasteiger partial charge in [0.25, 0.3) is 0 Å². The van der Waals surface area contributed by atoms with Gasteiger partial charge in [-0.1, -0.05) is 12.8 Å². The van der Waals surface area contributed by atoms with E-state index in [2.05, 4.69) is 15.2 Å². The fourth-order valence-electron chi connectivity index (χ4n) is 5.59. The molecule has 1 saturated heterocycles. The first kappa shape index (κ1) is 23.1. The highest BCUT2D eigenvalue weighted by Gasteiger charge is 2.27. The number of piperidine rings is 1. The van der Waals surface area contributed by atoms with Gasteiger partial charge in [0, 0.05) is 37.3 Å². The Kier molecular flexibility index (Phi) is 7.03. The number of aromatic nitrogens is 4. The van der Waals surface area contributed by atoms with Crippen molar-refractivity contribution in [3.63, 3.8) is 0 Å². The number of likely N-dealkylation sites (tertiary alicyclic amines) is 1. The highest BCUT2D eigenvalue weighted by atomic mass is 16.6. The Bertz CT molecular complexity index is 973. The molecule has 3 aliphatic rings. The van der Waals surface area contributed by atoms with Crippen LogP contribution in [0.3, 0.4) is 0 Å². The maximum absolute atomic E-state index is 12.1. The number of carbonyl (C=O) groups excluding carboxylic acids is 1. The fourth-order valence-corrected chi connectivity index (χ4v) is 5.59. The van der Waals surface area contributed by atoms with Gasteiger partial charge in [-0.2, -0.15) is 9.97 Å². The van der Waals surface area contributed by atoms with Gasteiger partial charge in [-0.3, -0.25) is 0 Å². The minimum Gasteiger partial charge on any atom is -0.450 e. The molecular weight excluding hydrogens is 432 g/mol. The lowest BCUT2D eigenvalue weighted by molar-refractivity contribution is 0.0983. The standard InChI is InChI=1S/C24H38N8O2/c1-2-34-24(33)31-13-11-18(12-14-31)27-21-20-22(32(15-26-20)19-5-3-4-6-19)30-23(29-21)28-17-9-7-16(25)8-10-17/h15-19H,2-14,25H2,1H3,(H2,27,28,29,30)/t16-,17-. The number of nitrogens with two attached hydrogens (primary N) is 1. The molecule has 0 atom stereocenters. The largest absolute Gasteiger partial charge is 0.450 e. The monoisotopic (exact) mass is 470 g/mol. The van der Waals surface area contributed by atoms with Crippen molar-refractivity contribution in [2.24, 2.45) is 5.73 Å². The van der Waals surface area contributed by atoms with Crippen LogP contribution >= 0.6 is 0 Å². The third-order valence-electron chi connectivity index (χ3n) is 7.61. The van der Waals surface area contributed by atoms with Crippen LogP contribution < -0.4 is 16.4 Å². The molecule has 0 spiro atoms. The molecule has 10 nitrogen and oxygen atoms in total. The molecule has 2 aromatic rings. The Hall–Kier alpha value is -2.62. The molecule has 2 aliphatic carbocycles. The average Bonchev–Trinajstić information content (AvgIpc) is 3.51. The number of nitrogens with one attached hydrogen (secondary N) is 2. The molecule has 34 heavy (non-hydrogen) atoms. The summed E-state index contributed by atoms with van der Waals surface area (Å²) < 4.78 is 7.41. The topological polar surface area (TPSA) is 123 Å². The van der Waals surface area contributed by atoms with E-state index >= 15 is 0 Å². The minimum absolute atomic E-state index is 0.223. The summed E-state index contributed by atoms with van der Waals surface area (Å²) in [6, 6.07) is 1.34. The number of hydrogen-bond donors (Lipinski definition) is 3. The van der Waals surface area contributed by atoms with Gasteiger partial charge >= 0.3 is 6.09 Å². The second-order valence-corrected chi connectivity index (χ2v) is 10.0. The van der Waals surface area contributed by atoms with Crippen LogP contribution in [-0.4, -0.2) is 68.3 Å². The SMILES string of the molecule is CCOC(=O)N1CCC(Nc2nc(N[C@H]3CC[C@H](N)CC3)nc3c2ncn3C2CCCC2)CC1. The Morgan fingerprint density at radius 3 is 2.44 bits per heavy atom. The first-order chi connectivity index (χ1) is 16.6. The zero-order valence-electron chi connectivity index (χ0n) is 20.2. The summed E-state index contributed by atoms with van der Waals surface area (Å²) >= 11 is 0. The number of anilines is 2. The van der Waals surface area contributed by atoms with Crippen molar-refractivity contribution in [3.05, 3.63) is 6.33 Å². The van der Waals surface area contributed by atoms with E-state index < -0.39 is 0 Å². The van der Waals surface area contributed by atoms with Crippen LogP contribution in [0, 0.1) is 0 Å². The quantitative estimate of drug-likeness (QED) is 0.584. The number of rotatable bonds is 6. The highest BCUT2D eigenvalue weighted by Crippen LogP contribution is 2.33. The lowest BCUT2D eigenvalue weighted by atomic mass is 9.92. The van der Waals surface area contributed by atoms with E-state index in [1.54, 1.807) is 4.90 Å². The maximum Gasteiger partial charge on any atom is 0.409 e. The number of fused-ring (bicyclic) bond motifs is 1. The van der Waals surface area contributed by atoms with Crippen LogP contribution in [0.1, 0.15) is 77.2 Å². The summed E-state index contributed by atoms with van der Waals surface area (Å²) in [7, 11) is 0. The summed E-state index contributed by atoms with van der Waals surface area (Å²) in [5, 5.41) is 7.22. The number of ether oxygens (including phenoxy) is 1. The minimum atomic E-state index is -0.223. The predicted octanol–water partition coefficient (Wildman–Crippen LogP) is 3.66. The van der Waals surface area contributed by atoms with E-state index in [0.717, 1.165) is 55.5 Å². The molecule has 2 aromatic heterocycles. The summed E-state index contributed by atoms with van der Waals surface area (Å²) in [6.07, 6.45) is 12.4. The van der Waals surface area contributed by atoms with E-state index in [-0.39, 0.29) is 12.1 Å². The molecule has 10 heteroatoms. The van der Waals surface area contributed by atoms with E-state index in [1.165, 1.54) is 25.7 Å². The number of imidazole rings is 1. The molecule has 3 fully saturated rings. The Morgan fingerprint density at radius 1 is 1.03 bits per heavy atom. The first-order valence-corrected chi connectivity index (χ1v) is 13.1. The normalized spacial score (nSPS) is 24.5. The molecule has 3 heterocycles. The van der Waals surface area contributed by atoms with Gasteiger partial charge in [0.05, 0.1) is 12.9 Å². The Morgan fingerprint density at radius 2 is 1.74 bits per heavy atom. The molecule has 0 aromatic carbocycles. The molecule has 1 aliphatic heterocycles. The van der Waals surface area contributed by atoms with Crippen molar-refractivity contribution in [3.8, 4) is 0 Å². The average molecular weight is 471 g/mol.